The lowest BCUT2D eigenvalue weighted by Crippen LogP contribution is -2.50. The lowest BCUT2D eigenvalue weighted by Gasteiger charge is -2.58. The van der Waals surface area contributed by atoms with Crippen molar-refractivity contribution in [1.29, 1.82) is 0 Å². The van der Waals surface area contributed by atoms with Crippen LogP contribution in [-0.2, 0) is 4.84 Å². The molecule has 170 valence electrons. The topological polar surface area (TPSA) is 21.6 Å². The molecule has 4 aliphatic rings. The lowest BCUT2D eigenvalue weighted by molar-refractivity contribution is -0.0469. The summed E-state index contributed by atoms with van der Waals surface area (Å²) in [5.74, 6) is 5.50. The molecular formula is C28H47NO. The predicted octanol–water partition coefficient (Wildman–Crippen LogP) is 8.03. The molecule has 3 saturated carbocycles. The second-order valence-electron chi connectivity index (χ2n) is 12.3. The van der Waals surface area contributed by atoms with Crippen LogP contribution in [0, 0.1) is 46.3 Å². The first-order chi connectivity index (χ1) is 14.3. The number of hydrogen-bond donors (Lipinski definition) is 0. The first-order valence-electron chi connectivity index (χ1n) is 13.1. The van der Waals surface area contributed by atoms with Crippen molar-refractivity contribution in [3.63, 3.8) is 0 Å². The van der Waals surface area contributed by atoms with Gasteiger partial charge in [-0.3, -0.25) is 0 Å². The molecule has 0 aromatic heterocycles. The van der Waals surface area contributed by atoms with Crippen LogP contribution < -0.4 is 0 Å². The zero-order valence-corrected chi connectivity index (χ0v) is 20.7. The standard InChI is InChI=1S/C28H47NO/c1-19(2)8-7-9-20(3)24-12-13-25-23-11-10-21-18-22(29-30-6)14-16-27(21,4)26(23)15-17-28(24,25)5/h10,19-20,23-26H,7-9,11-18H2,1-6H3/t20-,23?,24-,25?,26+,27+,28-/m1/s1. The minimum atomic E-state index is 0.415. The SMILES string of the molecule is CON=C1CC[C@@]2(C)C(=CCC3C4CC[C@H]([C@H](C)CCCC(C)C)[C@@]4(C)CC[C@@H]32)C1. The molecule has 0 N–H and O–H groups in total. The Hall–Kier alpha value is -0.790. The summed E-state index contributed by atoms with van der Waals surface area (Å²) in [6.07, 6.45) is 17.6. The van der Waals surface area contributed by atoms with Crippen molar-refractivity contribution in [2.75, 3.05) is 7.11 Å². The molecule has 0 aromatic rings. The van der Waals surface area contributed by atoms with Gasteiger partial charge in [-0.15, -0.1) is 0 Å². The van der Waals surface area contributed by atoms with Crippen molar-refractivity contribution in [3.8, 4) is 0 Å². The average Bonchev–Trinajstić information content (AvgIpc) is 3.05. The highest BCUT2D eigenvalue weighted by atomic mass is 16.6. The third kappa shape index (κ3) is 3.79. The maximum Gasteiger partial charge on any atom is 0.106 e. The maximum absolute atomic E-state index is 5.11. The van der Waals surface area contributed by atoms with E-state index in [0.29, 0.717) is 10.8 Å². The molecule has 2 heteroatoms. The molecule has 0 amide bonds. The number of oxime groups is 1. The van der Waals surface area contributed by atoms with Crippen LogP contribution in [0.5, 0.6) is 0 Å². The third-order valence-corrected chi connectivity index (χ3v) is 10.4. The smallest absolute Gasteiger partial charge is 0.106 e. The largest absolute Gasteiger partial charge is 0.399 e. The zero-order valence-electron chi connectivity index (χ0n) is 20.7. The highest BCUT2D eigenvalue weighted by Crippen LogP contribution is 2.67. The van der Waals surface area contributed by atoms with Crippen LogP contribution in [0.1, 0.15) is 105 Å². The number of nitrogens with zero attached hydrogens (tertiary/aromatic N) is 1. The fourth-order valence-electron chi connectivity index (χ4n) is 8.72. The quantitative estimate of drug-likeness (QED) is 0.319. The van der Waals surface area contributed by atoms with Gasteiger partial charge in [-0.1, -0.05) is 70.7 Å². The molecule has 2 unspecified atom stereocenters. The van der Waals surface area contributed by atoms with Crippen molar-refractivity contribution in [3.05, 3.63) is 11.6 Å². The Bertz CT molecular complexity index is 678. The minimum Gasteiger partial charge on any atom is -0.399 e. The van der Waals surface area contributed by atoms with Crippen LogP contribution in [-0.4, -0.2) is 12.8 Å². The molecule has 0 heterocycles. The normalized spacial score (nSPS) is 43.0. The van der Waals surface area contributed by atoms with E-state index < -0.39 is 0 Å². The van der Waals surface area contributed by atoms with Gasteiger partial charge in [0.1, 0.15) is 7.11 Å². The molecule has 3 fully saturated rings. The summed E-state index contributed by atoms with van der Waals surface area (Å²) in [5, 5.41) is 4.31. The predicted molar refractivity (Wildman–Crippen MR) is 127 cm³/mol. The van der Waals surface area contributed by atoms with Gasteiger partial charge in [0.15, 0.2) is 0 Å². The second-order valence-corrected chi connectivity index (χ2v) is 12.3. The van der Waals surface area contributed by atoms with E-state index in [1.54, 1.807) is 12.7 Å². The van der Waals surface area contributed by atoms with Gasteiger partial charge in [0.2, 0.25) is 0 Å². The molecular weight excluding hydrogens is 366 g/mol. The Kier molecular flexibility index (Phi) is 6.44. The number of fused-ring (bicyclic) bond motifs is 5. The van der Waals surface area contributed by atoms with E-state index in [-0.39, 0.29) is 0 Å². The molecule has 0 aliphatic heterocycles. The van der Waals surface area contributed by atoms with E-state index in [1.807, 2.05) is 0 Å². The van der Waals surface area contributed by atoms with Crippen LogP contribution in [0.25, 0.3) is 0 Å². The summed E-state index contributed by atoms with van der Waals surface area (Å²) in [7, 11) is 1.69. The molecule has 4 rings (SSSR count). The van der Waals surface area contributed by atoms with Crippen molar-refractivity contribution in [2.24, 2.45) is 51.5 Å². The highest BCUT2D eigenvalue weighted by Gasteiger charge is 2.58. The second kappa shape index (κ2) is 8.62. The average molecular weight is 414 g/mol. The molecule has 0 bridgehead atoms. The summed E-state index contributed by atoms with van der Waals surface area (Å²) < 4.78 is 0. The minimum absolute atomic E-state index is 0.415. The zero-order chi connectivity index (χ0) is 21.5. The van der Waals surface area contributed by atoms with Crippen LogP contribution in [0.2, 0.25) is 0 Å². The van der Waals surface area contributed by atoms with Crippen molar-refractivity contribution >= 4 is 5.71 Å². The molecule has 30 heavy (non-hydrogen) atoms. The third-order valence-electron chi connectivity index (χ3n) is 10.4. The molecule has 0 radical (unpaired) electrons. The first kappa shape index (κ1) is 22.4. The Labute approximate surface area is 186 Å². The van der Waals surface area contributed by atoms with E-state index in [0.717, 1.165) is 48.3 Å². The fraction of sp³-hybridized carbons (Fsp3) is 0.893. The van der Waals surface area contributed by atoms with Crippen LogP contribution in [0.3, 0.4) is 0 Å². The number of allylic oxidation sites excluding steroid dienone is 2. The molecule has 4 aliphatic carbocycles. The first-order valence-corrected chi connectivity index (χ1v) is 13.1. The summed E-state index contributed by atoms with van der Waals surface area (Å²) in [6, 6.07) is 0. The Morgan fingerprint density at radius 1 is 1.07 bits per heavy atom. The summed E-state index contributed by atoms with van der Waals surface area (Å²) in [4.78, 5) is 5.11. The summed E-state index contributed by atoms with van der Waals surface area (Å²) >= 11 is 0. The maximum atomic E-state index is 5.11. The molecule has 0 saturated heterocycles. The van der Waals surface area contributed by atoms with E-state index >= 15 is 0 Å². The summed E-state index contributed by atoms with van der Waals surface area (Å²) in [5.41, 5.74) is 3.96. The van der Waals surface area contributed by atoms with Crippen LogP contribution in [0.15, 0.2) is 16.8 Å². The van der Waals surface area contributed by atoms with Crippen molar-refractivity contribution in [2.45, 2.75) is 105 Å². The lowest BCUT2D eigenvalue weighted by atomic mass is 9.47. The van der Waals surface area contributed by atoms with E-state index in [1.165, 1.54) is 63.5 Å². The highest BCUT2D eigenvalue weighted by molar-refractivity contribution is 5.87. The van der Waals surface area contributed by atoms with Crippen molar-refractivity contribution in [1.82, 2.24) is 0 Å². The summed E-state index contributed by atoms with van der Waals surface area (Å²) in [6.45, 7) is 12.6. The van der Waals surface area contributed by atoms with Gasteiger partial charge < -0.3 is 4.84 Å². The van der Waals surface area contributed by atoms with Gasteiger partial charge in [-0.2, -0.15) is 0 Å². The molecule has 0 spiro atoms. The van der Waals surface area contributed by atoms with E-state index in [4.69, 9.17) is 4.84 Å². The van der Waals surface area contributed by atoms with Gasteiger partial charge in [0, 0.05) is 6.42 Å². The number of hydrogen-bond acceptors (Lipinski definition) is 2. The Morgan fingerprint density at radius 3 is 2.60 bits per heavy atom. The molecule has 0 aromatic carbocycles. The monoisotopic (exact) mass is 413 g/mol. The molecule has 2 nitrogen and oxygen atoms in total. The molecule has 7 atom stereocenters. The Morgan fingerprint density at radius 2 is 1.87 bits per heavy atom. The van der Waals surface area contributed by atoms with Crippen molar-refractivity contribution < 1.29 is 4.84 Å². The van der Waals surface area contributed by atoms with Gasteiger partial charge in [-0.05, 0) is 91.3 Å². The van der Waals surface area contributed by atoms with Crippen LogP contribution >= 0.6 is 0 Å². The van der Waals surface area contributed by atoms with Gasteiger partial charge in [0.05, 0.1) is 5.71 Å². The van der Waals surface area contributed by atoms with Gasteiger partial charge in [0.25, 0.3) is 0 Å². The van der Waals surface area contributed by atoms with Crippen LogP contribution in [0.4, 0.5) is 0 Å². The van der Waals surface area contributed by atoms with Gasteiger partial charge in [-0.25, -0.2) is 0 Å². The fourth-order valence-corrected chi connectivity index (χ4v) is 8.72. The van der Waals surface area contributed by atoms with E-state index in [2.05, 4.69) is 45.9 Å². The van der Waals surface area contributed by atoms with Gasteiger partial charge >= 0.3 is 0 Å². The van der Waals surface area contributed by atoms with E-state index in [9.17, 15) is 0 Å². The number of rotatable bonds is 6. The Balaban J connectivity index is 1.49.